The number of ether oxygens (including phenoxy) is 2. The fourth-order valence-corrected chi connectivity index (χ4v) is 4.00. The lowest BCUT2D eigenvalue weighted by molar-refractivity contribution is 0.0807. The second-order valence-electron chi connectivity index (χ2n) is 8.02. The Labute approximate surface area is 168 Å². The highest BCUT2D eigenvalue weighted by Gasteiger charge is 2.23. The Morgan fingerprint density at radius 2 is 1.32 bits per heavy atom. The zero-order valence-electron chi connectivity index (χ0n) is 16.9. The Hall–Kier alpha value is -2.48. The first-order chi connectivity index (χ1) is 13.7. The summed E-state index contributed by atoms with van der Waals surface area (Å²) in [6, 6.07) is 23.5. The standard InChI is InChI=1S/C26H30O2/c1-3-19(2)20-8-11-23(12-9-20)27-24-14-16-25(17-15-24)28-26-13-10-21-6-4-5-7-22(21)18-26/h4-13,18-19,24-25H,3,14-17H2,1-2H3. The topological polar surface area (TPSA) is 18.5 Å². The second-order valence-corrected chi connectivity index (χ2v) is 8.02. The van der Waals surface area contributed by atoms with Crippen molar-refractivity contribution in [2.75, 3.05) is 0 Å². The van der Waals surface area contributed by atoms with Crippen molar-refractivity contribution < 1.29 is 9.47 Å². The first-order valence-corrected chi connectivity index (χ1v) is 10.6. The van der Waals surface area contributed by atoms with E-state index in [-0.39, 0.29) is 6.10 Å². The molecule has 0 aliphatic heterocycles. The summed E-state index contributed by atoms with van der Waals surface area (Å²) in [5.74, 6) is 2.58. The highest BCUT2D eigenvalue weighted by Crippen LogP contribution is 2.29. The van der Waals surface area contributed by atoms with E-state index in [0.29, 0.717) is 12.0 Å². The molecule has 2 nitrogen and oxygen atoms in total. The average molecular weight is 375 g/mol. The van der Waals surface area contributed by atoms with Gasteiger partial charge in [0.1, 0.15) is 11.5 Å². The van der Waals surface area contributed by atoms with Crippen LogP contribution in [0.25, 0.3) is 10.8 Å². The van der Waals surface area contributed by atoms with E-state index in [1.807, 2.05) is 0 Å². The monoisotopic (exact) mass is 374 g/mol. The summed E-state index contributed by atoms with van der Waals surface area (Å²) in [6.07, 6.45) is 5.93. The van der Waals surface area contributed by atoms with Crippen LogP contribution >= 0.6 is 0 Å². The van der Waals surface area contributed by atoms with E-state index in [1.165, 1.54) is 22.8 Å². The Morgan fingerprint density at radius 1 is 0.750 bits per heavy atom. The normalized spacial score (nSPS) is 20.6. The van der Waals surface area contributed by atoms with Gasteiger partial charge >= 0.3 is 0 Å². The quantitative estimate of drug-likeness (QED) is 0.457. The van der Waals surface area contributed by atoms with Gasteiger partial charge in [0.05, 0.1) is 12.2 Å². The van der Waals surface area contributed by atoms with Crippen molar-refractivity contribution in [2.45, 2.75) is 64.1 Å². The lowest BCUT2D eigenvalue weighted by atomic mass is 9.94. The van der Waals surface area contributed by atoms with Crippen molar-refractivity contribution in [3.05, 3.63) is 72.3 Å². The molecule has 28 heavy (non-hydrogen) atoms. The van der Waals surface area contributed by atoms with Gasteiger partial charge in [-0.3, -0.25) is 0 Å². The van der Waals surface area contributed by atoms with Crippen molar-refractivity contribution in [2.24, 2.45) is 0 Å². The van der Waals surface area contributed by atoms with Crippen LogP contribution in [0.5, 0.6) is 11.5 Å². The SMILES string of the molecule is CCC(C)c1ccc(OC2CCC(Oc3ccc4ccccc4c3)CC2)cc1. The number of hydrogen-bond acceptors (Lipinski definition) is 2. The molecule has 2 heteroatoms. The van der Waals surface area contributed by atoms with Crippen LogP contribution in [0, 0.1) is 0 Å². The molecule has 0 amide bonds. The summed E-state index contributed by atoms with van der Waals surface area (Å²) in [7, 11) is 0. The van der Waals surface area contributed by atoms with Crippen LogP contribution in [-0.4, -0.2) is 12.2 Å². The minimum atomic E-state index is 0.286. The van der Waals surface area contributed by atoms with Crippen molar-refractivity contribution in [3.63, 3.8) is 0 Å². The third-order valence-electron chi connectivity index (χ3n) is 6.01. The molecule has 1 fully saturated rings. The molecule has 3 aromatic carbocycles. The molecular weight excluding hydrogens is 344 g/mol. The first-order valence-electron chi connectivity index (χ1n) is 10.6. The largest absolute Gasteiger partial charge is 0.490 e. The van der Waals surface area contributed by atoms with Gasteiger partial charge in [0, 0.05) is 0 Å². The zero-order chi connectivity index (χ0) is 19.3. The number of fused-ring (bicyclic) bond motifs is 1. The van der Waals surface area contributed by atoms with Crippen LogP contribution in [0.15, 0.2) is 66.7 Å². The molecule has 1 unspecified atom stereocenters. The molecule has 4 rings (SSSR count). The van der Waals surface area contributed by atoms with Crippen LogP contribution in [0.4, 0.5) is 0 Å². The van der Waals surface area contributed by atoms with E-state index in [9.17, 15) is 0 Å². The van der Waals surface area contributed by atoms with E-state index < -0.39 is 0 Å². The average Bonchev–Trinajstić information content (AvgIpc) is 2.75. The second kappa shape index (κ2) is 8.68. The molecule has 0 saturated heterocycles. The fraction of sp³-hybridized carbons (Fsp3) is 0.385. The van der Waals surface area contributed by atoms with Gasteiger partial charge < -0.3 is 9.47 Å². The Balaban J connectivity index is 1.29. The fourth-order valence-electron chi connectivity index (χ4n) is 4.00. The van der Waals surface area contributed by atoms with Crippen molar-refractivity contribution in [1.82, 2.24) is 0 Å². The molecule has 0 aromatic heterocycles. The van der Waals surface area contributed by atoms with Gasteiger partial charge in [-0.1, -0.05) is 56.3 Å². The van der Waals surface area contributed by atoms with Gasteiger partial charge in [-0.2, -0.15) is 0 Å². The van der Waals surface area contributed by atoms with Gasteiger partial charge in [-0.15, -0.1) is 0 Å². The molecule has 1 atom stereocenters. The third kappa shape index (κ3) is 4.49. The molecule has 0 spiro atoms. The lowest BCUT2D eigenvalue weighted by Gasteiger charge is -2.29. The maximum Gasteiger partial charge on any atom is 0.120 e. The van der Waals surface area contributed by atoms with Crippen LogP contribution in [-0.2, 0) is 0 Å². The van der Waals surface area contributed by atoms with Crippen LogP contribution in [0.1, 0.15) is 57.4 Å². The van der Waals surface area contributed by atoms with E-state index in [4.69, 9.17) is 9.47 Å². The molecular formula is C26H30O2. The van der Waals surface area contributed by atoms with Gasteiger partial charge in [-0.05, 0) is 78.6 Å². The van der Waals surface area contributed by atoms with E-state index >= 15 is 0 Å². The predicted molar refractivity (Wildman–Crippen MR) is 116 cm³/mol. The molecule has 0 radical (unpaired) electrons. The minimum absolute atomic E-state index is 0.286. The Kier molecular flexibility index (Phi) is 5.85. The van der Waals surface area contributed by atoms with Crippen molar-refractivity contribution in [1.29, 1.82) is 0 Å². The van der Waals surface area contributed by atoms with Crippen LogP contribution < -0.4 is 9.47 Å². The van der Waals surface area contributed by atoms with Crippen LogP contribution in [0.2, 0.25) is 0 Å². The van der Waals surface area contributed by atoms with Gasteiger partial charge in [0.25, 0.3) is 0 Å². The molecule has 1 aliphatic rings. The van der Waals surface area contributed by atoms with E-state index in [2.05, 4.69) is 80.6 Å². The number of rotatable bonds is 6. The van der Waals surface area contributed by atoms with Gasteiger partial charge in [0.15, 0.2) is 0 Å². The highest BCUT2D eigenvalue weighted by atomic mass is 16.5. The summed E-state index contributed by atoms with van der Waals surface area (Å²) < 4.78 is 12.5. The highest BCUT2D eigenvalue weighted by molar-refractivity contribution is 5.83. The first kappa shape index (κ1) is 18.9. The third-order valence-corrected chi connectivity index (χ3v) is 6.01. The number of hydrogen-bond donors (Lipinski definition) is 0. The van der Waals surface area contributed by atoms with Gasteiger partial charge in [-0.25, -0.2) is 0 Å². The molecule has 1 aliphatic carbocycles. The lowest BCUT2D eigenvalue weighted by Crippen LogP contribution is -2.30. The molecule has 0 N–H and O–H groups in total. The molecule has 146 valence electrons. The summed E-state index contributed by atoms with van der Waals surface area (Å²) in [6.45, 7) is 4.50. The maximum absolute atomic E-state index is 6.26. The summed E-state index contributed by atoms with van der Waals surface area (Å²) in [4.78, 5) is 0. The zero-order valence-corrected chi connectivity index (χ0v) is 16.9. The Bertz CT molecular complexity index is 892. The summed E-state index contributed by atoms with van der Waals surface area (Å²) in [5.41, 5.74) is 1.39. The minimum Gasteiger partial charge on any atom is -0.490 e. The van der Waals surface area contributed by atoms with Crippen molar-refractivity contribution >= 4 is 10.8 Å². The van der Waals surface area contributed by atoms with Crippen molar-refractivity contribution in [3.8, 4) is 11.5 Å². The molecule has 3 aromatic rings. The molecule has 1 saturated carbocycles. The molecule has 0 heterocycles. The van der Waals surface area contributed by atoms with E-state index in [0.717, 1.165) is 37.2 Å². The predicted octanol–water partition coefficient (Wildman–Crippen LogP) is 7.12. The maximum atomic E-state index is 6.26. The Morgan fingerprint density at radius 3 is 1.96 bits per heavy atom. The van der Waals surface area contributed by atoms with E-state index in [1.54, 1.807) is 0 Å². The summed E-state index contributed by atoms with van der Waals surface area (Å²) >= 11 is 0. The molecule has 0 bridgehead atoms. The number of benzene rings is 3. The van der Waals surface area contributed by atoms with Crippen LogP contribution in [0.3, 0.4) is 0 Å². The smallest absolute Gasteiger partial charge is 0.120 e. The van der Waals surface area contributed by atoms with Gasteiger partial charge in [0.2, 0.25) is 0 Å². The summed E-state index contributed by atoms with van der Waals surface area (Å²) in [5, 5.41) is 2.49.